The summed E-state index contributed by atoms with van der Waals surface area (Å²) in [7, 11) is -3.08. The number of aryl methyl sites for hydroxylation is 2. The number of nitrogens with one attached hydrogen (secondary N) is 1. The van der Waals surface area contributed by atoms with Crippen LogP contribution in [0.2, 0.25) is 0 Å². The summed E-state index contributed by atoms with van der Waals surface area (Å²) in [6.07, 6.45) is 1.44. The molecular formula is C23H28N4O3S. The maximum Gasteiger partial charge on any atom is 0.252 e. The summed E-state index contributed by atoms with van der Waals surface area (Å²) in [5, 5.41) is 8.28. The first-order valence-corrected chi connectivity index (χ1v) is 12.5. The molecule has 1 N–H and O–H groups in total. The molecule has 0 spiro atoms. The van der Waals surface area contributed by atoms with Crippen LogP contribution in [-0.2, 0) is 16.3 Å². The molecule has 1 unspecified atom stereocenters. The Balaban J connectivity index is 1.92. The van der Waals surface area contributed by atoms with Crippen molar-refractivity contribution in [1.29, 1.82) is 0 Å². The largest absolute Gasteiger partial charge is 0.350 e. The number of benzene rings is 1. The number of pyridine rings is 1. The molecule has 0 radical (unpaired) electrons. The average molecular weight is 441 g/mol. The summed E-state index contributed by atoms with van der Waals surface area (Å²) in [4.78, 5) is 17.9. The van der Waals surface area contributed by atoms with Gasteiger partial charge in [-0.05, 0) is 45.2 Å². The lowest BCUT2D eigenvalue weighted by molar-refractivity contribution is 0.0944. The van der Waals surface area contributed by atoms with Gasteiger partial charge < -0.3 is 5.32 Å². The molecule has 1 saturated heterocycles. The first-order valence-electron chi connectivity index (χ1n) is 10.7. The molecule has 4 rings (SSSR count). The van der Waals surface area contributed by atoms with Gasteiger partial charge in [0.1, 0.15) is 0 Å². The Kier molecular flexibility index (Phi) is 5.60. The van der Waals surface area contributed by atoms with Crippen molar-refractivity contribution in [3.63, 3.8) is 0 Å². The Hall–Kier alpha value is -2.74. The molecule has 1 amide bonds. The minimum Gasteiger partial charge on any atom is -0.350 e. The van der Waals surface area contributed by atoms with Crippen molar-refractivity contribution >= 4 is 26.8 Å². The molecule has 1 fully saturated rings. The number of fused-ring (bicyclic) bond motifs is 1. The number of amides is 1. The van der Waals surface area contributed by atoms with E-state index in [9.17, 15) is 13.2 Å². The van der Waals surface area contributed by atoms with Crippen LogP contribution in [-0.4, -0.2) is 46.6 Å². The van der Waals surface area contributed by atoms with Gasteiger partial charge in [-0.15, -0.1) is 0 Å². The van der Waals surface area contributed by atoms with Crippen LogP contribution in [0.15, 0.2) is 30.3 Å². The van der Waals surface area contributed by atoms with Gasteiger partial charge in [-0.1, -0.05) is 31.2 Å². The highest BCUT2D eigenvalue weighted by molar-refractivity contribution is 7.91. The fourth-order valence-electron chi connectivity index (χ4n) is 4.11. The Labute approximate surface area is 182 Å². The van der Waals surface area contributed by atoms with E-state index in [1.54, 1.807) is 4.68 Å². The maximum absolute atomic E-state index is 13.1. The van der Waals surface area contributed by atoms with E-state index in [4.69, 9.17) is 4.98 Å². The van der Waals surface area contributed by atoms with Gasteiger partial charge in [0.05, 0.1) is 39.9 Å². The minimum atomic E-state index is -3.08. The summed E-state index contributed by atoms with van der Waals surface area (Å²) in [5.74, 6) is 0.0145. The van der Waals surface area contributed by atoms with E-state index in [1.165, 1.54) is 5.56 Å². The van der Waals surface area contributed by atoms with Gasteiger partial charge in [0.15, 0.2) is 15.5 Å². The van der Waals surface area contributed by atoms with E-state index in [0.717, 1.165) is 12.0 Å². The molecule has 7 nitrogen and oxygen atoms in total. The highest BCUT2D eigenvalue weighted by Gasteiger charge is 2.32. The number of rotatable bonds is 5. The van der Waals surface area contributed by atoms with E-state index in [0.29, 0.717) is 34.4 Å². The summed E-state index contributed by atoms with van der Waals surface area (Å²) < 4.78 is 25.9. The number of carbonyl (C=O) groups is 1. The molecule has 1 aliphatic heterocycles. The summed E-state index contributed by atoms with van der Waals surface area (Å²) in [6, 6.07) is 9.65. The van der Waals surface area contributed by atoms with Gasteiger partial charge in [-0.25, -0.2) is 18.1 Å². The lowest BCUT2D eigenvalue weighted by atomic mass is 10.0. The van der Waals surface area contributed by atoms with Crippen molar-refractivity contribution in [2.75, 3.05) is 11.5 Å². The van der Waals surface area contributed by atoms with Crippen molar-refractivity contribution in [3.8, 4) is 11.3 Å². The maximum atomic E-state index is 13.1. The van der Waals surface area contributed by atoms with Crippen molar-refractivity contribution in [3.05, 3.63) is 47.2 Å². The van der Waals surface area contributed by atoms with E-state index >= 15 is 0 Å². The number of aromatic nitrogens is 3. The standard InChI is InChI=1S/C23H28N4O3S/c1-5-16-6-8-17(9-7-16)20-12-19(23(28)24-14(2)3)21-15(4)26-27(22(21)25-20)18-10-11-31(29,30)13-18/h6-9,12,14,18H,5,10-11,13H2,1-4H3,(H,24,28). The molecule has 1 aliphatic rings. The van der Waals surface area contributed by atoms with Crippen LogP contribution >= 0.6 is 0 Å². The third kappa shape index (κ3) is 4.21. The predicted molar refractivity (Wildman–Crippen MR) is 122 cm³/mol. The van der Waals surface area contributed by atoms with Crippen molar-refractivity contribution < 1.29 is 13.2 Å². The van der Waals surface area contributed by atoms with Gasteiger partial charge >= 0.3 is 0 Å². The highest BCUT2D eigenvalue weighted by Crippen LogP contribution is 2.32. The molecule has 8 heteroatoms. The van der Waals surface area contributed by atoms with E-state index < -0.39 is 9.84 Å². The SMILES string of the molecule is CCc1ccc(-c2cc(C(=O)NC(C)C)c3c(C)nn(C4CCS(=O)(=O)C4)c3n2)cc1. The molecule has 0 bridgehead atoms. The van der Waals surface area contributed by atoms with E-state index in [2.05, 4.69) is 29.5 Å². The summed E-state index contributed by atoms with van der Waals surface area (Å²) in [6.45, 7) is 7.77. The monoisotopic (exact) mass is 440 g/mol. The van der Waals surface area contributed by atoms with Gasteiger partial charge in [-0.3, -0.25) is 4.79 Å². The molecule has 164 valence electrons. The fourth-order valence-corrected chi connectivity index (χ4v) is 5.81. The second-order valence-corrected chi connectivity index (χ2v) is 10.7. The Morgan fingerprint density at radius 1 is 1.26 bits per heavy atom. The Morgan fingerprint density at radius 3 is 2.55 bits per heavy atom. The number of nitrogens with zero attached hydrogens (tertiary/aromatic N) is 3. The molecule has 3 aromatic rings. The Bertz CT molecular complexity index is 1240. The van der Waals surface area contributed by atoms with E-state index in [-0.39, 0.29) is 29.5 Å². The zero-order valence-electron chi connectivity index (χ0n) is 18.3. The van der Waals surface area contributed by atoms with Crippen LogP contribution < -0.4 is 5.32 Å². The summed E-state index contributed by atoms with van der Waals surface area (Å²) >= 11 is 0. The van der Waals surface area contributed by atoms with Gasteiger partial charge in [0.25, 0.3) is 5.91 Å². The molecule has 0 aliphatic carbocycles. The van der Waals surface area contributed by atoms with Crippen LogP contribution in [0.5, 0.6) is 0 Å². The number of sulfone groups is 1. The van der Waals surface area contributed by atoms with E-state index in [1.807, 2.05) is 39.0 Å². The molecule has 2 aromatic heterocycles. The number of hydrogen-bond acceptors (Lipinski definition) is 5. The molecule has 3 heterocycles. The van der Waals surface area contributed by atoms with Crippen molar-refractivity contribution in [2.24, 2.45) is 0 Å². The topological polar surface area (TPSA) is 94.0 Å². The second kappa shape index (κ2) is 8.07. The average Bonchev–Trinajstić information content (AvgIpc) is 3.26. The lowest BCUT2D eigenvalue weighted by Gasteiger charge is -2.13. The molecule has 1 aromatic carbocycles. The molecule has 0 saturated carbocycles. The van der Waals surface area contributed by atoms with Crippen LogP contribution in [0.4, 0.5) is 0 Å². The van der Waals surface area contributed by atoms with Gasteiger partial charge in [-0.2, -0.15) is 5.10 Å². The first kappa shape index (κ1) is 21.5. The van der Waals surface area contributed by atoms with Crippen LogP contribution in [0.25, 0.3) is 22.3 Å². The normalized spacial score (nSPS) is 18.0. The van der Waals surface area contributed by atoms with Crippen LogP contribution in [0.1, 0.15) is 54.8 Å². The summed E-state index contributed by atoms with van der Waals surface area (Å²) in [5.41, 5.74) is 4.55. The molecular weight excluding hydrogens is 412 g/mol. The van der Waals surface area contributed by atoms with Crippen molar-refractivity contribution in [2.45, 2.75) is 52.6 Å². The van der Waals surface area contributed by atoms with Crippen LogP contribution in [0, 0.1) is 6.92 Å². The van der Waals surface area contributed by atoms with Gasteiger partial charge in [0, 0.05) is 11.6 Å². The quantitative estimate of drug-likeness (QED) is 0.656. The zero-order chi connectivity index (χ0) is 22.3. The van der Waals surface area contributed by atoms with Crippen molar-refractivity contribution in [1.82, 2.24) is 20.1 Å². The fraction of sp³-hybridized carbons (Fsp3) is 0.435. The molecule has 1 atom stereocenters. The van der Waals surface area contributed by atoms with Crippen LogP contribution in [0.3, 0.4) is 0 Å². The lowest BCUT2D eigenvalue weighted by Crippen LogP contribution is -2.30. The number of carbonyl (C=O) groups excluding carboxylic acids is 1. The smallest absolute Gasteiger partial charge is 0.252 e. The third-order valence-electron chi connectivity index (χ3n) is 5.71. The second-order valence-electron chi connectivity index (χ2n) is 8.52. The van der Waals surface area contributed by atoms with Gasteiger partial charge in [0.2, 0.25) is 0 Å². The number of hydrogen-bond donors (Lipinski definition) is 1. The molecule has 31 heavy (non-hydrogen) atoms. The minimum absolute atomic E-state index is 0.0154. The first-order chi connectivity index (χ1) is 14.7. The zero-order valence-corrected chi connectivity index (χ0v) is 19.2. The highest BCUT2D eigenvalue weighted by atomic mass is 32.2. The Morgan fingerprint density at radius 2 is 1.97 bits per heavy atom. The predicted octanol–water partition coefficient (Wildman–Crippen LogP) is 3.47. The third-order valence-corrected chi connectivity index (χ3v) is 7.46.